The molecule has 0 aliphatic carbocycles. The van der Waals surface area contributed by atoms with Crippen molar-refractivity contribution in [2.75, 3.05) is 30.0 Å². The standard InChI is InChI=1S/C28H31FN4O3/c1-18-4-5-21(31-27(35)19-6-9-30-24(14-19)28(2,3)29)17-23(18)20-15-25-32-11-13-36-12-8-22(32)7-10-33(25)26(34)16-20/h4-6,9,14-17,22H,7-8,10-13H2,1-3H3,(H,31,35)/t22-/m1/s1. The number of ether oxygens (including phenoxy) is 1. The lowest BCUT2D eigenvalue weighted by Gasteiger charge is -2.38. The van der Waals surface area contributed by atoms with E-state index in [0.717, 1.165) is 48.5 Å². The molecule has 1 aromatic carbocycles. The molecule has 1 atom stereocenters. The summed E-state index contributed by atoms with van der Waals surface area (Å²) in [5, 5.41) is 2.91. The maximum absolute atomic E-state index is 14.3. The summed E-state index contributed by atoms with van der Waals surface area (Å²) in [5.74, 6) is 0.571. The number of carbonyl (C=O) groups excluding carboxylic acids is 1. The molecule has 2 aliphatic rings. The number of rotatable bonds is 4. The second-order valence-corrected chi connectivity index (χ2v) is 10.0. The molecule has 3 aromatic rings. The number of hydrogen-bond donors (Lipinski definition) is 1. The van der Waals surface area contributed by atoms with E-state index >= 15 is 0 Å². The molecule has 0 radical (unpaired) electrons. The van der Waals surface area contributed by atoms with Crippen molar-refractivity contribution in [3.05, 3.63) is 75.8 Å². The van der Waals surface area contributed by atoms with Gasteiger partial charge >= 0.3 is 0 Å². The summed E-state index contributed by atoms with van der Waals surface area (Å²) in [6, 6.07) is 12.8. The van der Waals surface area contributed by atoms with Crippen molar-refractivity contribution in [2.45, 2.75) is 51.9 Å². The Balaban J connectivity index is 1.46. The lowest BCUT2D eigenvalue weighted by molar-refractivity contribution is 0.102. The van der Waals surface area contributed by atoms with E-state index in [1.165, 1.54) is 26.1 Å². The first-order chi connectivity index (χ1) is 17.2. The van der Waals surface area contributed by atoms with Crippen molar-refractivity contribution in [1.29, 1.82) is 0 Å². The van der Waals surface area contributed by atoms with Crippen LogP contribution in [0.4, 0.5) is 15.9 Å². The second kappa shape index (κ2) is 9.50. The lowest BCUT2D eigenvalue weighted by atomic mass is 9.98. The first-order valence-corrected chi connectivity index (χ1v) is 12.4. The van der Waals surface area contributed by atoms with Crippen LogP contribution in [-0.2, 0) is 17.0 Å². The number of fused-ring (bicyclic) bond motifs is 3. The van der Waals surface area contributed by atoms with E-state index in [1.807, 2.05) is 29.7 Å². The molecule has 0 unspecified atom stereocenters. The van der Waals surface area contributed by atoms with Gasteiger partial charge in [-0.15, -0.1) is 0 Å². The second-order valence-electron chi connectivity index (χ2n) is 10.0. The van der Waals surface area contributed by atoms with Gasteiger partial charge in [-0.2, -0.15) is 0 Å². The van der Waals surface area contributed by atoms with E-state index in [9.17, 15) is 14.0 Å². The molecular formula is C28H31FN4O3. The Hall–Kier alpha value is -3.52. The number of halogens is 1. The summed E-state index contributed by atoms with van der Waals surface area (Å²) < 4.78 is 21.9. The van der Waals surface area contributed by atoms with Crippen molar-refractivity contribution >= 4 is 17.4 Å². The Morgan fingerprint density at radius 3 is 2.75 bits per heavy atom. The molecule has 2 aliphatic heterocycles. The van der Waals surface area contributed by atoms with Gasteiger partial charge in [0.25, 0.3) is 11.5 Å². The van der Waals surface area contributed by atoms with Gasteiger partial charge in [-0.3, -0.25) is 19.1 Å². The third kappa shape index (κ3) is 4.78. The van der Waals surface area contributed by atoms with Gasteiger partial charge in [0, 0.05) is 49.3 Å². The van der Waals surface area contributed by atoms with Crippen LogP contribution in [0.3, 0.4) is 0 Å². The fourth-order valence-electron chi connectivity index (χ4n) is 5.01. The largest absolute Gasteiger partial charge is 0.380 e. The molecule has 0 spiro atoms. The average molecular weight is 491 g/mol. The highest BCUT2D eigenvalue weighted by Gasteiger charge is 2.29. The molecule has 4 heterocycles. The summed E-state index contributed by atoms with van der Waals surface area (Å²) in [7, 11) is 0. The summed E-state index contributed by atoms with van der Waals surface area (Å²) in [4.78, 5) is 32.4. The number of aryl methyl sites for hydroxylation is 1. The summed E-state index contributed by atoms with van der Waals surface area (Å²) in [6.45, 7) is 7.65. The Labute approximate surface area is 209 Å². The van der Waals surface area contributed by atoms with E-state index in [-0.39, 0.29) is 17.2 Å². The van der Waals surface area contributed by atoms with E-state index < -0.39 is 5.67 Å². The topological polar surface area (TPSA) is 76.5 Å². The minimum Gasteiger partial charge on any atom is -0.380 e. The maximum atomic E-state index is 14.3. The molecular weight excluding hydrogens is 459 g/mol. The van der Waals surface area contributed by atoms with Gasteiger partial charge in [0.15, 0.2) is 0 Å². The maximum Gasteiger partial charge on any atom is 0.255 e. The smallest absolute Gasteiger partial charge is 0.255 e. The fraction of sp³-hybridized carbons (Fsp3) is 0.393. The van der Waals surface area contributed by atoms with Crippen molar-refractivity contribution in [3.63, 3.8) is 0 Å². The van der Waals surface area contributed by atoms with Gasteiger partial charge < -0.3 is 15.0 Å². The third-order valence-corrected chi connectivity index (χ3v) is 7.04. The van der Waals surface area contributed by atoms with Gasteiger partial charge in [-0.25, -0.2) is 4.39 Å². The quantitative estimate of drug-likeness (QED) is 0.575. The van der Waals surface area contributed by atoms with Crippen LogP contribution in [0.1, 0.15) is 48.3 Å². The van der Waals surface area contributed by atoms with Crippen molar-refractivity contribution in [3.8, 4) is 11.1 Å². The molecule has 188 valence electrons. The highest BCUT2D eigenvalue weighted by atomic mass is 19.1. The number of pyridine rings is 2. The van der Waals surface area contributed by atoms with Gasteiger partial charge in [-0.1, -0.05) is 6.07 Å². The van der Waals surface area contributed by atoms with Crippen LogP contribution < -0.4 is 15.8 Å². The van der Waals surface area contributed by atoms with E-state index in [4.69, 9.17) is 4.74 Å². The molecule has 1 saturated heterocycles. The number of benzene rings is 1. The Kier molecular flexibility index (Phi) is 6.38. The SMILES string of the molecule is Cc1ccc(NC(=O)c2ccnc(C(C)(C)F)c2)cc1-c1cc2n(c(=O)c1)CC[C@@H]1CCOCCN21. The molecule has 36 heavy (non-hydrogen) atoms. The zero-order valence-electron chi connectivity index (χ0n) is 20.9. The number of amides is 1. The normalized spacial score (nSPS) is 17.7. The highest BCUT2D eigenvalue weighted by molar-refractivity contribution is 6.04. The zero-order chi connectivity index (χ0) is 25.4. The monoisotopic (exact) mass is 490 g/mol. The summed E-state index contributed by atoms with van der Waals surface area (Å²) in [6.07, 6.45) is 3.33. The third-order valence-electron chi connectivity index (χ3n) is 7.04. The Morgan fingerprint density at radius 1 is 1.11 bits per heavy atom. The van der Waals surface area contributed by atoms with Gasteiger partial charge in [0.1, 0.15) is 11.5 Å². The molecule has 1 N–H and O–H groups in total. The lowest BCUT2D eigenvalue weighted by Crippen LogP contribution is -2.45. The number of nitrogens with zero attached hydrogens (tertiary/aromatic N) is 3. The fourth-order valence-corrected chi connectivity index (χ4v) is 5.01. The van der Waals surface area contributed by atoms with E-state index in [1.54, 1.807) is 12.1 Å². The molecule has 0 saturated carbocycles. The zero-order valence-corrected chi connectivity index (χ0v) is 20.9. The minimum atomic E-state index is -1.65. The molecule has 8 heteroatoms. The number of nitrogens with one attached hydrogen (secondary N) is 1. The highest BCUT2D eigenvalue weighted by Crippen LogP contribution is 2.33. The van der Waals surface area contributed by atoms with Crippen LogP contribution in [0.5, 0.6) is 0 Å². The number of carbonyl (C=O) groups is 1. The summed E-state index contributed by atoms with van der Waals surface area (Å²) >= 11 is 0. The van der Waals surface area contributed by atoms with Gasteiger partial charge in [-0.05, 0) is 80.6 Å². The predicted octanol–water partition coefficient (Wildman–Crippen LogP) is 4.67. The van der Waals surface area contributed by atoms with Crippen LogP contribution in [0.15, 0.2) is 53.5 Å². The minimum absolute atomic E-state index is 0.0295. The molecule has 5 rings (SSSR count). The van der Waals surface area contributed by atoms with Gasteiger partial charge in [0.05, 0.1) is 12.3 Å². The van der Waals surface area contributed by atoms with Crippen LogP contribution in [-0.4, -0.2) is 41.3 Å². The summed E-state index contributed by atoms with van der Waals surface area (Å²) in [5.41, 5.74) is 2.13. The first-order valence-electron chi connectivity index (χ1n) is 12.4. The van der Waals surface area contributed by atoms with Crippen LogP contribution >= 0.6 is 0 Å². The number of hydrogen-bond acceptors (Lipinski definition) is 5. The van der Waals surface area contributed by atoms with Gasteiger partial charge in [0.2, 0.25) is 0 Å². The van der Waals surface area contributed by atoms with E-state index in [0.29, 0.717) is 30.4 Å². The van der Waals surface area contributed by atoms with Crippen molar-refractivity contribution < 1.29 is 13.9 Å². The molecule has 2 aromatic heterocycles. The van der Waals surface area contributed by atoms with Crippen molar-refractivity contribution in [2.24, 2.45) is 0 Å². The molecule has 1 fully saturated rings. The van der Waals surface area contributed by atoms with Crippen molar-refractivity contribution in [1.82, 2.24) is 9.55 Å². The Bertz CT molecular complexity index is 1360. The number of anilines is 2. The predicted molar refractivity (Wildman–Crippen MR) is 138 cm³/mol. The molecule has 7 nitrogen and oxygen atoms in total. The number of aromatic nitrogens is 2. The van der Waals surface area contributed by atoms with Crippen LogP contribution in [0.2, 0.25) is 0 Å². The number of alkyl halides is 1. The Morgan fingerprint density at radius 2 is 1.94 bits per heavy atom. The average Bonchev–Trinajstić information content (AvgIpc) is 3.10. The molecule has 1 amide bonds. The van der Waals surface area contributed by atoms with Crippen LogP contribution in [0.25, 0.3) is 11.1 Å². The van der Waals surface area contributed by atoms with E-state index in [2.05, 4.69) is 21.3 Å². The molecule has 0 bridgehead atoms. The first kappa shape index (κ1) is 24.2. The van der Waals surface area contributed by atoms with Crippen LogP contribution in [0, 0.1) is 6.92 Å².